The number of carbonyl (C=O) groups is 1. The van der Waals surface area contributed by atoms with E-state index >= 15 is 0 Å². The Hall–Kier alpha value is -4.03. The minimum Gasteiger partial charge on any atom is -0.372 e. The molecule has 3 aromatic rings. The third kappa shape index (κ3) is 6.77. The second-order valence-corrected chi connectivity index (χ2v) is 9.66. The van der Waals surface area contributed by atoms with Gasteiger partial charge in [0.1, 0.15) is 0 Å². The van der Waals surface area contributed by atoms with Crippen LogP contribution in [0.5, 0.6) is 0 Å². The van der Waals surface area contributed by atoms with Crippen LogP contribution in [0.2, 0.25) is 0 Å². The fraction of sp³-hybridized carbons (Fsp3) is 0.167. The summed E-state index contributed by atoms with van der Waals surface area (Å²) in [5.74, 6) is -0.619. The molecule has 0 fully saturated rings. The summed E-state index contributed by atoms with van der Waals surface area (Å²) in [4.78, 5) is 24.8. The van der Waals surface area contributed by atoms with E-state index in [-0.39, 0.29) is 21.3 Å². The minimum atomic E-state index is -3.82. The Morgan fingerprint density at radius 3 is 2.17 bits per heavy atom. The van der Waals surface area contributed by atoms with E-state index in [1.807, 2.05) is 12.1 Å². The number of benzene rings is 3. The van der Waals surface area contributed by atoms with Gasteiger partial charge in [0.25, 0.3) is 21.6 Å². The number of nitrogens with zero attached hydrogens (tertiary/aromatic N) is 2. The number of nitro benzene ring substituents is 1. The molecule has 0 spiro atoms. The summed E-state index contributed by atoms with van der Waals surface area (Å²) in [5.41, 5.74) is 1.75. The molecule has 0 aliphatic heterocycles. The molecule has 3 rings (SSSR count). The third-order valence-corrected chi connectivity index (χ3v) is 6.82. The Bertz CT molecular complexity index is 1360. The highest BCUT2D eigenvalue weighted by molar-refractivity contribution is 7.92. The Morgan fingerprint density at radius 2 is 1.58 bits per heavy atom. The van der Waals surface area contributed by atoms with Gasteiger partial charge in [0, 0.05) is 47.8 Å². The van der Waals surface area contributed by atoms with Crippen molar-refractivity contribution >= 4 is 56.0 Å². The van der Waals surface area contributed by atoms with Crippen molar-refractivity contribution in [1.29, 1.82) is 0 Å². The van der Waals surface area contributed by atoms with Crippen LogP contribution in [0.3, 0.4) is 0 Å². The number of amides is 1. The van der Waals surface area contributed by atoms with E-state index in [9.17, 15) is 23.3 Å². The lowest BCUT2D eigenvalue weighted by Gasteiger charge is -2.21. The molecule has 10 nitrogen and oxygen atoms in total. The lowest BCUT2D eigenvalue weighted by molar-refractivity contribution is -0.384. The van der Waals surface area contributed by atoms with Gasteiger partial charge in [0.15, 0.2) is 5.11 Å². The second kappa shape index (κ2) is 11.6. The number of thiocarbonyl (C=S) groups is 1. The Kier molecular flexibility index (Phi) is 8.56. The smallest absolute Gasteiger partial charge is 0.270 e. The number of nitro groups is 1. The van der Waals surface area contributed by atoms with Crippen molar-refractivity contribution in [1.82, 2.24) is 5.32 Å². The Morgan fingerprint density at radius 1 is 0.972 bits per heavy atom. The predicted molar refractivity (Wildman–Crippen MR) is 144 cm³/mol. The van der Waals surface area contributed by atoms with Crippen molar-refractivity contribution in [3.63, 3.8) is 0 Å². The number of nitrogens with one attached hydrogen (secondary N) is 3. The zero-order valence-electron chi connectivity index (χ0n) is 19.6. The molecule has 3 N–H and O–H groups in total. The van der Waals surface area contributed by atoms with Crippen molar-refractivity contribution in [2.75, 3.05) is 28.0 Å². The largest absolute Gasteiger partial charge is 0.372 e. The maximum absolute atomic E-state index is 12.8. The zero-order valence-corrected chi connectivity index (χ0v) is 21.2. The molecule has 12 heteroatoms. The monoisotopic (exact) mass is 527 g/mol. The lowest BCUT2D eigenvalue weighted by atomic mass is 10.2. The van der Waals surface area contributed by atoms with Crippen LogP contribution in [-0.4, -0.2) is 37.5 Å². The Balaban J connectivity index is 1.61. The van der Waals surface area contributed by atoms with E-state index in [2.05, 4.69) is 34.1 Å². The highest BCUT2D eigenvalue weighted by Crippen LogP contribution is 2.22. The highest BCUT2D eigenvalue weighted by atomic mass is 32.2. The van der Waals surface area contributed by atoms with Crippen molar-refractivity contribution < 1.29 is 18.1 Å². The molecule has 0 bridgehead atoms. The molecule has 3 aromatic carbocycles. The average molecular weight is 528 g/mol. The van der Waals surface area contributed by atoms with Gasteiger partial charge in [0.05, 0.1) is 9.82 Å². The second-order valence-electron chi connectivity index (χ2n) is 7.56. The topological polar surface area (TPSA) is 134 Å². The molecular formula is C24H25N5O5S2. The van der Waals surface area contributed by atoms with Crippen LogP contribution in [0.1, 0.15) is 24.2 Å². The van der Waals surface area contributed by atoms with Crippen LogP contribution < -0.4 is 20.3 Å². The first-order valence-electron chi connectivity index (χ1n) is 11.0. The van der Waals surface area contributed by atoms with Gasteiger partial charge in [0.2, 0.25) is 0 Å². The lowest BCUT2D eigenvalue weighted by Crippen LogP contribution is -2.34. The zero-order chi connectivity index (χ0) is 26.3. The maximum atomic E-state index is 12.8. The fourth-order valence-corrected chi connectivity index (χ4v) is 4.63. The molecule has 0 aliphatic rings. The van der Waals surface area contributed by atoms with Crippen molar-refractivity contribution in [3.05, 3.63) is 88.5 Å². The first-order valence-corrected chi connectivity index (χ1v) is 12.9. The van der Waals surface area contributed by atoms with Gasteiger partial charge in [-0.2, -0.15) is 0 Å². The summed E-state index contributed by atoms with van der Waals surface area (Å²) < 4.78 is 28.1. The first-order chi connectivity index (χ1) is 17.1. The molecule has 0 radical (unpaired) electrons. The van der Waals surface area contributed by atoms with Gasteiger partial charge in [-0.1, -0.05) is 6.07 Å². The summed E-state index contributed by atoms with van der Waals surface area (Å²) in [5, 5.41) is 16.1. The van der Waals surface area contributed by atoms with Crippen LogP contribution in [-0.2, 0) is 10.0 Å². The highest BCUT2D eigenvalue weighted by Gasteiger charge is 2.16. The summed E-state index contributed by atoms with van der Waals surface area (Å²) in [6.45, 7) is 5.81. The molecule has 0 aromatic heterocycles. The summed E-state index contributed by atoms with van der Waals surface area (Å²) >= 11 is 5.12. The number of anilines is 3. The normalized spacial score (nSPS) is 10.8. The van der Waals surface area contributed by atoms with Gasteiger partial charge in [-0.25, -0.2) is 8.42 Å². The molecular weight excluding hydrogens is 502 g/mol. The van der Waals surface area contributed by atoms with E-state index in [4.69, 9.17) is 12.2 Å². The average Bonchev–Trinajstić information content (AvgIpc) is 2.86. The summed E-state index contributed by atoms with van der Waals surface area (Å²) in [6.07, 6.45) is 0. The summed E-state index contributed by atoms with van der Waals surface area (Å²) in [6, 6.07) is 18.2. The van der Waals surface area contributed by atoms with E-state index in [0.29, 0.717) is 11.4 Å². The van der Waals surface area contributed by atoms with E-state index in [1.165, 1.54) is 42.5 Å². The Labute approximate surface area is 214 Å². The van der Waals surface area contributed by atoms with Crippen LogP contribution >= 0.6 is 12.2 Å². The van der Waals surface area contributed by atoms with Crippen LogP contribution in [0, 0.1) is 10.1 Å². The number of rotatable bonds is 9. The van der Waals surface area contributed by atoms with Crippen molar-refractivity contribution in [2.24, 2.45) is 0 Å². The summed E-state index contributed by atoms with van der Waals surface area (Å²) in [7, 11) is -3.82. The standard InChI is InChI=1S/C24H25N5O5S2/c1-3-28(4-2)20-12-8-19(9-13-20)27-36(33,34)22-14-10-18(11-15-22)25-24(35)26-23(30)17-6-5-7-21(16-17)29(31)32/h5-16,27H,3-4H2,1-2H3,(H2,25,26,30,35). The molecule has 0 heterocycles. The van der Waals surface area contributed by atoms with Crippen molar-refractivity contribution in [3.8, 4) is 0 Å². The van der Waals surface area contributed by atoms with Gasteiger partial charge in [-0.05, 0) is 80.7 Å². The van der Waals surface area contributed by atoms with Crippen LogP contribution in [0.4, 0.5) is 22.7 Å². The molecule has 0 saturated carbocycles. The van der Waals surface area contributed by atoms with Gasteiger partial charge in [-0.15, -0.1) is 0 Å². The number of hydrogen-bond donors (Lipinski definition) is 3. The number of sulfonamides is 1. The van der Waals surface area contributed by atoms with Crippen LogP contribution in [0.15, 0.2) is 77.7 Å². The first kappa shape index (κ1) is 26.6. The quantitative estimate of drug-likeness (QED) is 0.212. The van der Waals surface area contributed by atoms with Gasteiger partial charge < -0.3 is 10.2 Å². The molecule has 188 valence electrons. The van der Waals surface area contributed by atoms with E-state index in [0.717, 1.165) is 24.8 Å². The number of non-ortho nitro benzene ring substituents is 1. The fourth-order valence-electron chi connectivity index (χ4n) is 3.36. The molecule has 36 heavy (non-hydrogen) atoms. The molecule has 1 amide bonds. The molecule has 0 aliphatic carbocycles. The molecule has 0 atom stereocenters. The van der Waals surface area contributed by atoms with Gasteiger partial charge in [-0.3, -0.25) is 24.9 Å². The third-order valence-electron chi connectivity index (χ3n) is 5.22. The van der Waals surface area contributed by atoms with Crippen LogP contribution in [0.25, 0.3) is 0 Å². The van der Waals surface area contributed by atoms with E-state index in [1.54, 1.807) is 12.1 Å². The minimum absolute atomic E-state index is 0.0477. The predicted octanol–water partition coefficient (Wildman–Crippen LogP) is 4.37. The maximum Gasteiger partial charge on any atom is 0.270 e. The van der Waals surface area contributed by atoms with E-state index < -0.39 is 20.9 Å². The SMILES string of the molecule is CCN(CC)c1ccc(NS(=O)(=O)c2ccc(NC(=S)NC(=O)c3cccc([N+](=O)[O-])c3)cc2)cc1. The number of hydrogen-bond acceptors (Lipinski definition) is 7. The van der Waals surface area contributed by atoms with Gasteiger partial charge >= 0.3 is 0 Å². The molecule has 0 saturated heterocycles. The molecule has 0 unspecified atom stereocenters. The number of carbonyl (C=O) groups excluding carboxylic acids is 1. The van der Waals surface area contributed by atoms with Crippen molar-refractivity contribution in [2.45, 2.75) is 18.7 Å².